The zero-order valence-electron chi connectivity index (χ0n) is 8.34. The van der Waals surface area contributed by atoms with Crippen LogP contribution in [0.25, 0.3) is 0 Å². The van der Waals surface area contributed by atoms with E-state index in [-0.39, 0.29) is 5.92 Å². The Bertz CT molecular complexity index is 153. The molecule has 0 amide bonds. The lowest BCUT2D eigenvalue weighted by molar-refractivity contribution is -0.125. The maximum absolute atomic E-state index is 11.6. The summed E-state index contributed by atoms with van der Waals surface area (Å²) < 4.78 is 5.21. The van der Waals surface area contributed by atoms with E-state index in [0.29, 0.717) is 5.78 Å². The monoisotopic (exact) mass is 185 g/mol. The molecule has 0 radical (unpaired) electrons. The maximum Gasteiger partial charge on any atom is 0.136 e. The van der Waals surface area contributed by atoms with Crippen LogP contribution in [0.2, 0.25) is 0 Å². The van der Waals surface area contributed by atoms with Crippen molar-refractivity contribution in [3.63, 3.8) is 0 Å². The Kier molecular flexibility index (Phi) is 5.01. The summed E-state index contributed by atoms with van der Waals surface area (Å²) >= 11 is 0. The third kappa shape index (κ3) is 3.87. The van der Waals surface area contributed by atoms with Crippen LogP contribution in [-0.4, -0.2) is 32.6 Å². The summed E-state index contributed by atoms with van der Waals surface area (Å²) in [5.41, 5.74) is 0. The smallest absolute Gasteiger partial charge is 0.136 e. The molecule has 0 unspecified atom stereocenters. The third-order valence-corrected chi connectivity index (χ3v) is 2.53. The molecule has 0 saturated carbocycles. The summed E-state index contributed by atoms with van der Waals surface area (Å²) in [7, 11) is 1.92. The molecule has 0 spiro atoms. The Balaban J connectivity index is 2.13. The van der Waals surface area contributed by atoms with Gasteiger partial charge < -0.3 is 10.1 Å². The summed E-state index contributed by atoms with van der Waals surface area (Å²) in [5.74, 6) is 0.712. The largest absolute Gasteiger partial charge is 0.381 e. The molecule has 0 aromatic carbocycles. The summed E-state index contributed by atoms with van der Waals surface area (Å²) in [4.78, 5) is 11.6. The van der Waals surface area contributed by atoms with Gasteiger partial charge in [-0.2, -0.15) is 0 Å². The van der Waals surface area contributed by atoms with Gasteiger partial charge in [-0.3, -0.25) is 4.79 Å². The van der Waals surface area contributed by atoms with E-state index in [9.17, 15) is 4.79 Å². The van der Waals surface area contributed by atoms with Gasteiger partial charge in [0, 0.05) is 25.6 Å². The van der Waals surface area contributed by atoms with Crippen LogP contribution >= 0.6 is 0 Å². The Morgan fingerprint density at radius 3 is 2.77 bits per heavy atom. The van der Waals surface area contributed by atoms with Crippen LogP contribution in [0.15, 0.2) is 0 Å². The van der Waals surface area contributed by atoms with Gasteiger partial charge in [0.1, 0.15) is 5.78 Å². The SMILES string of the molecule is CNCCCC(=O)C1CCOCC1. The van der Waals surface area contributed by atoms with Crippen molar-refractivity contribution in [1.82, 2.24) is 5.32 Å². The minimum atomic E-state index is 0.283. The standard InChI is InChI=1S/C10H19NO2/c1-11-6-2-3-10(12)9-4-7-13-8-5-9/h9,11H,2-8H2,1H3. The molecule has 3 heteroatoms. The summed E-state index contributed by atoms with van der Waals surface area (Å²) in [6.45, 7) is 2.47. The number of ketones is 1. The Labute approximate surface area is 79.8 Å². The number of rotatable bonds is 5. The molecule has 1 aliphatic rings. The number of carbonyl (C=O) groups excluding carboxylic acids is 1. The number of hydrogen-bond acceptors (Lipinski definition) is 3. The van der Waals surface area contributed by atoms with Crippen LogP contribution in [0.4, 0.5) is 0 Å². The molecule has 0 atom stereocenters. The lowest BCUT2D eigenvalue weighted by Crippen LogP contribution is -2.24. The highest BCUT2D eigenvalue weighted by Gasteiger charge is 2.20. The maximum atomic E-state index is 11.6. The van der Waals surface area contributed by atoms with Crippen molar-refractivity contribution >= 4 is 5.78 Å². The molecule has 1 N–H and O–H groups in total. The Morgan fingerprint density at radius 1 is 1.46 bits per heavy atom. The molecule has 0 aromatic rings. The molecule has 1 heterocycles. The zero-order chi connectivity index (χ0) is 9.52. The fourth-order valence-corrected chi connectivity index (χ4v) is 1.66. The number of Topliss-reactive ketones (excluding diaryl/α,β-unsaturated/α-hetero) is 1. The molecule has 1 rings (SSSR count). The second-order valence-electron chi connectivity index (χ2n) is 3.56. The summed E-state index contributed by atoms with van der Waals surface area (Å²) in [5, 5.41) is 3.05. The van der Waals surface area contributed by atoms with Gasteiger partial charge in [0.25, 0.3) is 0 Å². The van der Waals surface area contributed by atoms with Crippen molar-refractivity contribution in [2.24, 2.45) is 5.92 Å². The highest BCUT2D eigenvalue weighted by Crippen LogP contribution is 2.17. The highest BCUT2D eigenvalue weighted by molar-refractivity contribution is 5.81. The number of ether oxygens (including phenoxy) is 1. The van der Waals surface area contributed by atoms with Crippen LogP contribution in [0, 0.1) is 5.92 Å². The van der Waals surface area contributed by atoms with E-state index in [1.165, 1.54) is 0 Å². The molecule has 13 heavy (non-hydrogen) atoms. The van der Waals surface area contributed by atoms with Crippen LogP contribution in [-0.2, 0) is 9.53 Å². The molecule has 0 bridgehead atoms. The lowest BCUT2D eigenvalue weighted by atomic mass is 9.93. The van der Waals surface area contributed by atoms with Gasteiger partial charge in [0.05, 0.1) is 0 Å². The Morgan fingerprint density at radius 2 is 2.15 bits per heavy atom. The van der Waals surface area contributed by atoms with E-state index < -0.39 is 0 Å². The minimum Gasteiger partial charge on any atom is -0.381 e. The zero-order valence-corrected chi connectivity index (χ0v) is 8.34. The van der Waals surface area contributed by atoms with E-state index >= 15 is 0 Å². The number of carbonyl (C=O) groups is 1. The topological polar surface area (TPSA) is 38.3 Å². The number of nitrogens with one attached hydrogen (secondary N) is 1. The summed E-state index contributed by atoms with van der Waals surface area (Å²) in [6, 6.07) is 0. The van der Waals surface area contributed by atoms with Crippen molar-refractivity contribution in [2.45, 2.75) is 25.7 Å². The first kappa shape index (κ1) is 10.7. The molecule has 1 saturated heterocycles. The molecule has 3 nitrogen and oxygen atoms in total. The predicted octanol–water partition coefficient (Wildman–Crippen LogP) is 0.982. The fourth-order valence-electron chi connectivity index (χ4n) is 1.66. The lowest BCUT2D eigenvalue weighted by Gasteiger charge is -2.20. The third-order valence-electron chi connectivity index (χ3n) is 2.53. The molecule has 76 valence electrons. The normalized spacial score (nSPS) is 18.8. The molecular weight excluding hydrogens is 166 g/mol. The van der Waals surface area contributed by atoms with Crippen molar-refractivity contribution < 1.29 is 9.53 Å². The van der Waals surface area contributed by atoms with Crippen molar-refractivity contribution in [3.8, 4) is 0 Å². The second-order valence-corrected chi connectivity index (χ2v) is 3.56. The summed E-state index contributed by atoms with van der Waals surface area (Å²) in [6.07, 6.45) is 3.55. The fraction of sp³-hybridized carbons (Fsp3) is 0.900. The van der Waals surface area contributed by atoms with Gasteiger partial charge in [0.15, 0.2) is 0 Å². The average molecular weight is 185 g/mol. The predicted molar refractivity (Wildman–Crippen MR) is 51.7 cm³/mol. The molecular formula is C10H19NO2. The van der Waals surface area contributed by atoms with Gasteiger partial charge in [-0.15, -0.1) is 0 Å². The van der Waals surface area contributed by atoms with Crippen LogP contribution in [0.3, 0.4) is 0 Å². The Hall–Kier alpha value is -0.410. The van der Waals surface area contributed by atoms with Crippen molar-refractivity contribution in [3.05, 3.63) is 0 Å². The minimum absolute atomic E-state index is 0.283. The molecule has 1 fully saturated rings. The average Bonchev–Trinajstić information content (AvgIpc) is 2.19. The van der Waals surface area contributed by atoms with E-state index in [2.05, 4.69) is 5.32 Å². The van der Waals surface area contributed by atoms with Gasteiger partial charge in [0.2, 0.25) is 0 Å². The quantitative estimate of drug-likeness (QED) is 0.649. The van der Waals surface area contributed by atoms with Crippen molar-refractivity contribution in [2.75, 3.05) is 26.8 Å². The van der Waals surface area contributed by atoms with Crippen molar-refractivity contribution in [1.29, 1.82) is 0 Å². The van der Waals surface area contributed by atoms with E-state index in [0.717, 1.165) is 45.4 Å². The first-order valence-corrected chi connectivity index (χ1v) is 5.09. The van der Waals surface area contributed by atoms with Gasteiger partial charge in [-0.05, 0) is 32.9 Å². The van der Waals surface area contributed by atoms with Crippen LogP contribution in [0.1, 0.15) is 25.7 Å². The first-order chi connectivity index (χ1) is 6.34. The van der Waals surface area contributed by atoms with Gasteiger partial charge in [-0.1, -0.05) is 0 Å². The van der Waals surface area contributed by atoms with Gasteiger partial charge in [-0.25, -0.2) is 0 Å². The van der Waals surface area contributed by atoms with E-state index in [4.69, 9.17) is 4.74 Å². The van der Waals surface area contributed by atoms with E-state index in [1.54, 1.807) is 0 Å². The van der Waals surface area contributed by atoms with Crippen LogP contribution < -0.4 is 5.32 Å². The second kappa shape index (κ2) is 6.11. The van der Waals surface area contributed by atoms with Crippen LogP contribution in [0.5, 0.6) is 0 Å². The highest BCUT2D eigenvalue weighted by atomic mass is 16.5. The molecule has 0 aliphatic carbocycles. The van der Waals surface area contributed by atoms with Gasteiger partial charge >= 0.3 is 0 Å². The first-order valence-electron chi connectivity index (χ1n) is 5.09. The molecule has 0 aromatic heterocycles. The van der Waals surface area contributed by atoms with E-state index in [1.807, 2.05) is 7.05 Å². The molecule has 1 aliphatic heterocycles. The number of hydrogen-bond donors (Lipinski definition) is 1.